The average Bonchev–Trinajstić information content (AvgIpc) is 2.92. The van der Waals surface area contributed by atoms with Gasteiger partial charge in [-0.05, 0) is 262 Å². The molecule has 0 aliphatic heterocycles. The summed E-state index contributed by atoms with van der Waals surface area (Å²) < 4.78 is 0. The molecule has 0 aromatic heterocycles. The molecular formula is C46H40. The van der Waals surface area contributed by atoms with Crippen molar-refractivity contribution >= 4 is 0 Å². The van der Waals surface area contributed by atoms with Crippen molar-refractivity contribution in [3.63, 3.8) is 0 Å². The van der Waals surface area contributed by atoms with Crippen LogP contribution in [0, 0.1) is 230 Å². The van der Waals surface area contributed by atoms with E-state index >= 15 is 0 Å². The van der Waals surface area contributed by atoms with Crippen LogP contribution in [0.3, 0.4) is 0 Å². The molecule has 27 saturated carbocycles. The van der Waals surface area contributed by atoms with Gasteiger partial charge in [0.2, 0.25) is 0 Å². The lowest BCUT2D eigenvalue weighted by Gasteiger charge is -3.36. The molecule has 46 heavy (non-hydrogen) atoms. The van der Waals surface area contributed by atoms with E-state index in [1.165, 1.54) is 160 Å². The molecule has 27 fully saturated rings. The Balaban J connectivity index is 0.708. The Morgan fingerprint density at radius 1 is 0.304 bits per heavy atom. The number of rotatable bonds is 0. The molecular weight excluding hydrogens is 553 g/mol. The molecule has 224 valence electrons. The quantitative estimate of drug-likeness (QED) is 0.335. The van der Waals surface area contributed by atoms with Crippen molar-refractivity contribution in [2.75, 3.05) is 0 Å². The standard InChI is InChI=1S/C46H40/c1-7-15-22-23-16-10-2-8-4-12-18-25-30-32-28-21-29-33-31-26-19-13-5-9-3-11-17-24-27-20-14-6-34(21,37(7,28)41(15,32)45(22,30)43(23,25)39(16,18)35(8,10)12)38(14,29)42(20,33)46(27,31)44(24,26)40(17,19)36(9,11)13/h7-33H,2-6H2,1H3/t7-,8?,9?,10+,11-,12?,13?,14+,15-,16+,17-,18?,19?,20+,21?,22-,23+,24-,25?,26?,27+,28?,29?,30?,31?,32?,33?,34?,35?,36?,37?,38?,39?,40?,41?,42?,43?,44?,45?,46?/m0/s1. The zero-order valence-electron chi connectivity index (χ0n) is 26.6. The van der Waals surface area contributed by atoms with Crippen LogP contribution in [0.5, 0.6) is 0 Å². The Labute approximate surface area is 268 Å². The van der Waals surface area contributed by atoms with Crippen molar-refractivity contribution in [3.8, 4) is 0 Å². The molecule has 40 atom stereocenters. The first kappa shape index (κ1) is 18.0. The maximum Gasteiger partial charge on any atom is -0.00932 e. The number of fused-ring (bicyclic) bond motifs is 21. The molecule has 0 heteroatoms. The monoisotopic (exact) mass is 592 g/mol. The van der Waals surface area contributed by atoms with Crippen molar-refractivity contribution in [2.45, 2.75) is 39.0 Å². The summed E-state index contributed by atoms with van der Waals surface area (Å²) in [6.45, 7) is 3.02. The second kappa shape index (κ2) is 3.24. The van der Waals surface area contributed by atoms with E-state index in [0.717, 1.165) is 70.4 Å². The van der Waals surface area contributed by atoms with Crippen molar-refractivity contribution in [2.24, 2.45) is 230 Å². The first-order valence-corrected chi connectivity index (χ1v) is 22.7. The molecule has 0 radical (unpaired) electrons. The SMILES string of the molecule is C[C@H]1[C@H]2[C@H]3[C@H]4[C@H]5[C@H]6CC7CC8C9C%10C%11C%12C%13C%14C%15C%16C%17C%18C%19C%20CC%21C[C@H]%22[C@H]%23[C@H]%24[C@H]%25[C@H]%26[C@H]%27CC%14(C%15%27C%16%26C%17%25C%18%24C%19%23C%21%20%22)C%131C%122C%113C%104C95C786. The minimum Gasteiger partial charge on any atom is -0.0616 e. The Morgan fingerprint density at radius 2 is 0.652 bits per heavy atom. The fourth-order valence-corrected chi connectivity index (χ4v) is 40.9. The smallest absolute Gasteiger partial charge is 0.00932 e. The van der Waals surface area contributed by atoms with Crippen LogP contribution in [0.15, 0.2) is 0 Å². The van der Waals surface area contributed by atoms with Gasteiger partial charge in [-0.15, -0.1) is 0 Å². The van der Waals surface area contributed by atoms with E-state index in [1.54, 1.807) is 25.7 Å². The summed E-state index contributed by atoms with van der Waals surface area (Å²) in [6.07, 6.45) is 8.88. The summed E-state index contributed by atoms with van der Waals surface area (Å²) in [5, 5.41) is 0. The van der Waals surface area contributed by atoms with Crippen LogP contribution in [0.1, 0.15) is 39.0 Å². The van der Waals surface area contributed by atoms with Crippen molar-refractivity contribution in [3.05, 3.63) is 0 Å². The fourth-order valence-electron chi connectivity index (χ4n) is 40.9. The Kier molecular flexibility index (Phi) is 1.27. The zero-order valence-corrected chi connectivity index (χ0v) is 26.6. The van der Waals surface area contributed by atoms with Gasteiger partial charge in [-0.2, -0.15) is 0 Å². The second-order valence-corrected chi connectivity index (χ2v) is 27.9. The van der Waals surface area contributed by atoms with Crippen molar-refractivity contribution in [1.82, 2.24) is 0 Å². The summed E-state index contributed by atoms with van der Waals surface area (Å²) in [6, 6.07) is 0. The van der Waals surface area contributed by atoms with E-state index in [9.17, 15) is 0 Å². The number of hydrogen-bond donors (Lipinski definition) is 0. The largest absolute Gasteiger partial charge is 0.0616 e. The first-order valence-electron chi connectivity index (χ1n) is 22.7. The lowest BCUT2D eigenvalue weighted by Crippen LogP contribution is -3.34. The van der Waals surface area contributed by atoms with Crippen LogP contribution in [-0.2, 0) is 0 Å². The predicted molar refractivity (Wildman–Crippen MR) is 155 cm³/mol. The van der Waals surface area contributed by atoms with Gasteiger partial charge in [0.15, 0.2) is 0 Å². The summed E-state index contributed by atoms with van der Waals surface area (Å²) in [5.74, 6) is 36.1. The van der Waals surface area contributed by atoms with Crippen LogP contribution >= 0.6 is 0 Å². The normalized spacial score (nSPS) is 120. The van der Waals surface area contributed by atoms with Gasteiger partial charge in [0.05, 0.1) is 0 Å². The van der Waals surface area contributed by atoms with Gasteiger partial charge in [0.1, 0.15) is 0 Å². The second-order valence-electron chi connectivity index (χ2n) is 27.9. The summed E-state index contributed by atoms with van der Waals surface area (Å²) in [4.78, 5) is 0. The van der Waals surface area contributed by atoms with Crippen LogP contribution in [0.25, 0.3) is 0 Å². The lowest BCUT2D eigenvalue weighted by atomic mass is 8.67. The highest BCUT2D eigenvalue weighted by atomic mass is 15.4. The van der Waals surface area contributed by atoms with Gasteiger partial charge < -0.3 is 0 Å². The lowest BCUT2D eigenvalue weighted by molar-refractivity contribution is -0.906. The third-order valence-electron chi connectivity index (χ3n) is 35.1. The zero-order chi connectivity index (χ0) is 26.6. The average molecular weight is 593 g/mol. The highest BCUT2D eigenvalue weighted by molar-refractivity contribution is 5.81. The molecule has 28 unspecified atom stereocenters. The maximum absolute atomic E-state index is 3.02. The molecule has 0 aromatic carbocycles. The number of hydrogen-bond acceptors (Lipinski definition) is 0. The topological polar surface area (TPSA) is 0 Å². The summed E-state index contributed by atoms with van der Waals surface area (Å²) in [5.41, 5.74) is 13.8. The Bertz CT molecular complexity index is 2410. The highest BCUT2D eigenvalue weighted by Crippen LogP contribution is 3.38. The Morgan fingerprint density at radius 3 is 1.15 bits per heavy atom. The minimum absolute atomic E-state index is 0.999. The van der Waals surface area contributed by atoms with Gasteiger partial charge in [0.25, 0.3) is 0 Å². The molecule has 27 rings (SSSR count). The molecule has 0 N–H and O–H groups in total. The van der Waals surface area contributed by atoms with Gasteiger partial charge in [0, 0.05) is 0 Å². The molecule has 0 nitrogen and oxygen atoms in total. The van der Waals surface area contributed by atoms with Gasteiger partial charge in [-0.25, -0.2) is 0 Å². The van der Waals surface area contributed by atoms with E-state index in [2.05, 4.69) is 6.92 Å². The minimum atomic E-state index is 0.999. The third kappa shape index (κ3) is 0.566. The first-order chi connectivity index (χ1) is 22.7. The molecule has 0 heterocycles. The third-order valence-corrected chi connectivity index (χ3v) is 35.1. The van der Waals surface area contributed by atoms with E-state index in [4.69, 9.17) is 0 Å². The van der Waals surface area contributed by atoms with Crippen LogP contribution in [0.4, 0.5) is 0 Å². The predicted octanol–water partition coefficient (Wildman–Crippen LogP) is 5.78. The highest BCUT2D eigenvalue weighted by Gasteiger charge is 3.36. The molecule has 27 aliphatic carbocycles. The van der Waals surface area contributed by atoms with E-state index in [1.807, 2.05) is 6.42 Å². The molecule has 0 aromatic rings. The van der Waals surface area contributed by atoms with Crippen LogP contribution in [0.2, 0.25) is 0 Å². The van der Waals surface area contributed by atoms with Gasteiger partial charge >= 0.3 is 0 Å². The van der Waals surface area contributed by atoms with Crippen molar-refractivity contribution in [1.29, 1.82) is 0 Å². The van der Waals surface area contributed by atoms with Gasteiger partial charge in [-0.1, -0.05) is 6.92 Å². The van der Waals surface area contributed by atoms with E-state index in [-0.39, 0.29) is 0 Å². The maximum atomic E-state index is 3.02. The van der Waals surface area contributed by atoms with E-state index in [0.29, 0.717) is 0 Å². The van der Waals surface area contributed by atoms with Crippen LogP contribution in [-0.4, -0.2) is 0 Å². The van der Waals surface area contributed by atoms with Gasteiger partial charge in [-0.3, -0.25) is 0 Å². The van der Waals surface area contributed by atoms with E-state index < -0.39 is 0 Å². The molecule has 0 amide bonds. The molecule has 27 aliphatic rings. The van der Waals surface area contributed by atoms with Crippen LogP contribution < -0.4 is 0 Å². The molecule has 13 spiro atoms. The summed E-state index contributed by atoms with van der Waals surface area (Å²) >= 11 is 0. The molecule has 0 bridgehead atoms. The van der Waals surface area contributed by atoms with Crippen molar-refractivity contribution < 1.29 is 0 Å². The summed E-state index contributed by atoms with van der Waals surface area (Å²) in [7, 11) is 0. The molecule has 0 saturated heterocycles. The fraction of sp³-hybridized carbons (Fsp3) is 1.00. The Hall–Kier alpha value is 0.